The zero-order valence-corrected chi connectivity index (χ0v) is 8.17. The maximum Gasteiger partial charge on any atom is 0.344 e. The fourth-order valence-corrected chi connectivity index (χ4v) is 1.19. The molecule has 0 unspecified atom stereocenters. The molecule has 7 heteroatoms. The molecule has 1 rings (SSSR count). The van der Waals surface area contributed by atoms with E-state index < -0.39 is 28.1 Å². The van der Waals surface area contributed by atoms with Crippen molar-refractivity contribution in [3.63, 3.8) is 0 Å². The first-order valence-electron chi connectivity index (χ1n) is 4.08. The molecule has 7 nitrogen and oxygen atoms in total. The minimum Gasteiger partial charge on any atom is -0.477 e. The van der Waals surface area contributed by atoms with E-state index in [4.69, 9.17) is 5.11 Å². The average Bonchev–Trinajstić information content (AvgIpc) is 2.26. The summed E-state index contributed by atoms with van der Waals surface area (Å²) in [4.78, 5) is 31.7. The molecule has 0 spiro atoms. The number of esters is 1. The fraction of sp³-hybridized carbons (Fsp3) is 0.111. The Balaban J connectivity index is 3.51. The standard InChI is InChI=1S/C9H7NO6/c1-16-9(13)6-4-2-3-5(8(11)12)7(6)10(14)15/h2-4H,1H3,(H,11,12). The molecule has 1 aromatic carbocycles. The molecule has 1 N–H and O–H groups in total. The number of nitrogens with zero attached hydrogens (tertiary/aromatic N) is 1. The number of benzene rings is 1. The number of methoxy groups -OCH3 is 1. The highest BCUT2D eigenvalue weighted by Gasteiger charge is 2.28. The van der Waals surface area contributed by atoms with Gasteiger partial charge in [0.2, 0.25) is 0 Å². The second-order valence-electron chi connectivity index (χ2n) is 2.76. The van der Waals surface area contributed by atoms with Gasteiger partial charge in [-0.25, -0.2) is 9.59 Å². The molecule has 1 aromatic rings. The Kier molecular flexibility index (Phi) is 3.19. The summed E-state index contributed by atoms with van der Waals surface area (Å²) in [5, 5.41) is 19.4. The molecule has 0 bridgehead atoms. The lowest BCUT2D eigenvalue weighted by Gasteiger charge is -2.03. The van der Waals surface area contributed by atoms with Crippen molar-refractivity contribution in [3.8, 4) is 0 Å². The highest BCUT2D eigenvalue weighted by atomic mass is 16.6. The highest BCUT2D eigenvalue weighted by molar-refractivity contribution is 6.01. The van der Waals surface area contributed by atoms with Gasteiger partial charge in [0.05, 0.1) is 12.0 Å². The lowest BCUT2D eigenvalue weighted by atomic mass is 10.1. The van der Waals surface area contributed by atoms with Crippen molar-refractivity contribution in [2.24, 2.45) is 0 Å². The summed E-state index contributed by atoms with van der Waals surface area (Å²) in [5.41, 5.74) is -1.69. The molecule has 0 aliphatic heterocycles. The Morgan fingerprint density at radius 3 is 2.38 bits per heavy atom. The summed E-state index contributed by atoms with van der Waals surface area (Å²) < 4.78 is 4.33. The van der Waals surface area contributed by atoms with E-state index in [1.54, 1.807) is 0 Å². The van der Waals surface area contributed by atoms with Gasteiger partial charge in [0, 0.05) is 0 Å². The lowest BCUT2D eigenvalue weighted by Crippen LogP contribution is -2.10. The Morgan fingerprint density at radius 1 is 1.38 bits per heavy atom. The number of hydrogen-bond acceptors (Lipinski definition) is 5. The number of ether oxygens (including phenoxy) is 1. The first kappa shape index (κ1) is 11.6. The molecular weight excluding hydrogens is 218 g/mol. The number of aromatic carboxylic acids is 1. The van der Waals surface area contributed by atoms with Gasteiger partial charge >= 0.3 is 11.9 Å². The molecule has 0 aromatic heterocycles. The second-order valence-corrected chi connectivity index (χ2v) is 2.76. The van der Waals surface area contributed by atoms with Crippen LogP contribution in [0.15, 0.2) is 18.2 Å². The molecule has 0 heterocycles. The smallest absolute Gasteiger partial charge is 0.344 e. The van der Waals surface area contributed by atoms with Crippen LogP contribution in [0.4, 0.5) is 5.69 Å². The van der Waals surface area contributed by atoms with Crippen LogP contribution in [0.2, 0.25) is 0 Å². The largest absolute Gasteiger partial charge is 0.477 e. The Hall–Kier alpha value is -2.44. The number of nitro benzene ring substituents is 1. The number of carboxylic acids is 1. The van der Waals surface area contributed by atoms with Crippen LogP contribution in [-0.2, 0) is 4.74 Å². The van der Waals surface area contributed by atoms with E-state index in [2.05, 4.69) is 4.74 Å². The van der Waals surface area contributed by atoms with E-state index in [-0.39, 0.29) is 5.56 Å². The molecule has 0 saturated carbocycles. The number of carboxylic acid groups (broad SMARTS) is 1. The van der Waals surface area contributed by atoms with Crippen LogP contribution in [0.1, 0.15) is 20.7 Å². The van der Waals surface area contributed by atoms with Crippen molar-refractivity contribution in [3.05, 3.63) is 39.4 Å². The van der Waals surface area contributed by atoms with Crippen molar-refractivity contribution >= 4 is 17.6 Å². The van der Waals surface area contributed by atoms with Crippen molar-refractivity contribution in [2.75, 3.05) is 7.11 Å². The zero-order valence-electron chi connectivity index (χ0n) is 8.17. The molecule has 0 amide bonds. The van der Waals surface area contributed by atoms with Crippen LogP contribution >= 0.6 is 0 Å². The first-order chi connectivity index (χ1) is 7.49. The topological polar surface area (TPSA) is 107 Å². The highest BCUT2D eigenvalue weighted by Crippen LogP contribution is 2.24. The van der Waals surface area contributed by atoms with Gasteiger partial charge in [0.1, 0.15) is 11.1 Å². The van der Waals surface area contributed by atoms with Gasteiger partial charge in [-0.2, -0.15) is 0 Å². The fourth-order valence-electron chi connectivity index (χ4n) is 1.19. The summed E-state index contributed by atoms with van der Waals surface area (Å²) in [6, 6.07) is 3.42. The maximum atomic E-state index is 11.2. The SMILES string of the molecule is COC(=O)c1cccc(C(=O)O)c1[N+](=O)[O-]. The van der Waals surface area contributed by atoms with Crippen molar-refractivity contribution in [1.82, 2.24) is 0 Å². The Bertz CT molecular complexity index is 467. The summed E-state index contributed by atoms with van der Waals surface area (Å²) in [5.74, 6) is -2.42. The lowest BCUT2D eigenvalue weighted by molar-refractivity contribution is -0.385. The predicted octanol–water partition coefficient (Wildman–Crippen LogP) is 1.08. The first-order valence-corrected chi connectivity index (χ1v) is 4.08. The van der Waals surface area contributed by atoms with Crippen LogP contribution in [0.25, 0.3) is 0 Å². The van der Waals surface area contributed by atoms with Crippen LogP contribution in [-0.4, -0.2) is 29.1 Å². The normalized spacial score (nSPS) is 9.56. The predicted molar refractivity (Wildman–Crippen MR) is 51.4 cm³/mol. The second kappa shape index (κ2) is 4.39. The van der Waals surface area contributed by atoms with Crippen molar-refractivity contribution in [1.29, 1.82) is 0 Å². The minimum atomic E-state index is -1.47. The van der Waals surface area contributed by atoms with Crippen LogP contribution in [0.3, 0.4) is 0 Å². The van der Waals surface area contributed by atoms with Crippen LogP contribution in [0.5, 0.6) is 0 Å². The zero-order chi connectivity index (χ0) is 12.3. The van der Waals surface area contributed by atoms with E-state index in [0.29, 0.717) is 0 Å². The van der Waals surface area contributed by atoms with E-state index in [1.165, 1.54) is 6.07 Å². The monoisotopic (exact) mass is 225 g/mol. The Morgan fingerprint density at radius 2 is 1.94 bits per heavy atom. The third-order valence-electron chi connectivity index (χ3n) is 1.85. The van der Waals surface area contributed by atoms with Gasteiger partial charge in [0.15, 0.2) is 0 Å². The number of rotatable bonds is 3. The summed E-state index contributed by atoms with van der Waals surface area (Å²) in [6.07, 6.45) is 0. The average molecular weight is 225 g/mol. The van der Waals surface area contributed by atoms with Crippen LogP contribution in [0, 0.1) is 10.1 Å². The summed E-state index contributed by atoms with van der Waals surface area (Å²) in [7, 11) is 1.06. The van der Waals surface area contributed by atoms with E-state index >= 15 is 0 Å². The summed E-state index contributed by atoms with van der Waals surface area (Å²) >= 11 is 0. The maximum absolute atomic E-state index is 11.2. The molecule has 0 aliphatic carbocycles. The van der Waals surface area contributed by atoms with Gasteiger partial charge < -0.3 is 9.84 Å². The molecule has 0 aliphatic rings. The Labute approximate surface area is 89.4 Å². The molecule has 0 radical (unpaired) electrons. The van der Waals surface area contributed by atoms with E-state index in [1.807, 2.05) is 0 Å². The van der Waals surface area contributed by atoms with Crippen molar-refractivity contribution < 1.29 is 24.4 Å². The van der Waals surface area contributed by atoms with Crippen molar-refractivity contribution in [2.45, 2.75) is 0 Å². The van der Waals surface area contributed by atoms with E-state index in [9.17, 15) is 19.7 Å². The number of carbonyl (C=O) groups is 2. The van der Waals surface area contributed by atoms with Crippen LogP contribution < -0.4 is 0 Å². The molecule has 84 valence electrons. The quantitative estimate of drug-likeness (QED) is 0.468. The number of carbonyl (C=O) groups excluding carboxylic acids is 1. The number of nitro groups is 1. The molecular formula is C9H7NO6. The van der Waals surface area contributed by atoms with E-state index in [0.717, 1.165) is 19.2 Å². The van der Waals surface area contributed by atoms with Gasteiger partial charge in [-0.05, 0) is 12.1 Å². The third kappa shape index (κ3) is 1.97. The molecule has 0 atom stereocenters. The minimum absolute atomic E-state index is 0.382. The van der Waals surface area contributed by atoms with Gasteiger partial charge in [-0.15, -0.1) is 0 Å². The third-order valence-corrected chi connectivity index (χ3v) is 1.85. The number of hydrogen-bond donors (Lipinski definition) is 1. The van der Waals surface area contributed by atoms with Gasteiger partial charge in [0.25, 0.3) is 5.69 Å². The molecule has 0 saturated heterocycles. The number of para-hydroxylation sites is 1. The summed E-state index contributed by atoms with van der Waals surface area (Å²) in [6.45, 7) is 0. The molecule has 16 heavy (non-hydrogen) atoms. The van der Waals surface area contributed by atoms with Gasteiger partial charge in [-0.1, -0.05) is 6.07 Å². The van der Waals surface area contributed by atoms with Gasteiger partial charge in [-0.3, -0.25) is 10.1 Å². The molecule has 0 fully saturated rings.